The second-order valence-corrected chi connectivity index (χ2v) is 5.01. The van der Waals surface area contributed by atoms with Crippen LogP contribution < -0.4 is 5.32 Å². The maximum absolute atomic E-state index is 12.1. The molecule has 0 aliphatic rings. The van der Waals surface area contributed by atoms with E-state index >= 15 is 0 Å². The van der Waals surface area contributed by atoms with Gasteiger partial charge in [0.15, 0.2) is 5.78 Å². The van der Waals surface area contributed by atoms with E-state index in [2.05, 4.69) is 32.9 Å². The first kappa shape index (κ1) is 11.6. The average Bonchev–Trinajstić information content (AvgIpc) is 2.69. The number of likely N-dealkylation sites (N-methyl/N-ethyl adjacent to an activating group) is 1. The Hall–Kier alpha value is -0.880. The van der Waals surface area contributed by atoms with Gasteiger partial charge in [-0.15, -0.1) is 0 Å². The number of aromatic nitrogens is 1. The molecule has 0 saturated heterocycles. The molecule has 1 atom stereocenters. The molecule has 0 spiro atoms. The Morgan fingerprint density at radius 2 is 2.25 bits per heavy atom. The minimum Gasteiger partial charge on any atom is -0.360 e. The molecule has 0 aliphatic carbocycles. The normalized spacial score (nSPS) is 12.9. The lowest BCUT2D eigenvalue weighted by molar-refractivity contribution is 0.0956. The monoisotopic (exact) mass is 328 g/mol. The number of H-pyrrole nitrogens is 1. The van der Waals surface area contributed by atoms with Crippen molar-refractivity contribution in [2.45, 2.75) is 13.0 Å². The van der Waals surface area contributed by atoms with Crippen LogP contribution in [0.5, 0.6) is 0 Å². The van der Waals surface area contributed by atoms with Gasteiger partial charge in [-0.2, -0.15) is 0 Å². The van der Waals surface area contributed by atoms with E-state index in [0.29, 0.717) is 0 Å². The van der Waals surface area contributed by atoms with Gasteiger partial charge in [0, 0.05) is 26.2 Å². The number of benzene rings is 1. The third-order valence-electron chi connectivity index (χ3n) is 2.74. The Bertz CT molecular complexity index is 533. The second-order valence-electron chi connectivity index (χ2n) is 3.77. The van der Waals surface area contributed by atoms with E-state index in [9.17, 15) is 4.79 Å². The summed E-state index contributed by atoms with van der Waals surface area (Å²) in [6.45, 7) is 1.87. The highest BCUT2D eigenvalue weighted by Crippen LogP contribution is 2.21. The van der Waals surface area contributed by atoms with Crippen molar-refractivity contribution >= 4 is 39.3 Å². The molecule has 2 N–H and O–H groups in total. The molecule has 0 aliphatic heterocycles. The molecular weight excluding hydrogens is 315 g/mol. The molecule has 1 heterocycles. The lowest BCUT2D eigenvalue weighted by Gasteiger charge is -2.07. The first-order valence-electron chi connectivity index (χ1n) is 5.11. The van der Waals surface area contributed by atoms with Crippen molar-refractivity contribution in [2.75, 3.05) is 7.05 Å². The fraction of sp³-hybridized carbons (Fsp3) is 0.250. The highest BCUT2D eigenvalue weighted by Gasteiger charge is 2.16. The summed E-state index contributed by atoms with van der Waals surface area (Å²) < 4.78 is 1.16. The molecule has 2 aromatic rings. The lowest BCUT2D eigenvalue weighted by Crippen LogP contribution is -2.30. The number of carbonyl (C=O) groups is 1. The Kier molecular flexibility index (Phi) is 3.30. The predicted molar refractivity (Wildman–Crippen MR) is 73.9 cm³/mol. The van der Waals surface area contributed by atoms with Crippen LogP contribution in [-0.2, 0) is 0 Å². The van der Waals surface area contributed by atoms with Crippen LogP contribution in [0.25, 0.3) is 10.9 Å². The van der Waals surface area contributed by atoms with Gasteiger partial charge in [-0.05, 0) is 48.7 Å². The molecule has 3 nitrogen and oxygen atoms in total. The van der Waals surface area contributed by atoms with Crippen molar-refractivity contribution in [3.63, 3.8) is 0 Å². The van der Waals surface area contributed by atoms with E-state index < -0.39 is 0 Å². The van der Waals surface area contributed by atoms with Gasteiger partial charge >= 0.3 is 0 Å². The van der Waals surface area contributed by atoms with Gasteiger partial charge in [0.2, 0.25) is 0 Å². The van der Waals surface area contributed by atoms with Gasteiger partial charge in [0.05, 0.1) is 6.04 Å². The number of aromatic amines is 1. The molecule has 1 aromatic carbocycles. The van der Waals surface area contributed by atoms with Gasteiger partial charge in [-0.25, -0.2) is 0 Å². The molecule has 84 valence electrons. The van der Waals surface area contributed by atoms with Gasteiger partial charge in [0.1, 0.15) is 0 Å². The molecule has 16 heavy (non-hydrogen) atoms. The Morgan fingerprint density at radius 3 is 2.94 bits per heavy atom. The summed E-state index contributed by atoms with van der Waals surface area (Å²) in [5, 5.41) is 3.96. The van der Waals surface area contributed by atoms with Crippen LogP contribution in [0.15, 0.2) is 24.4 Å². The standard InChI is InChI=1S/C12H13IN2O/c1-7(14-2)12(16)10-6-15-11-5-8(13)3-4-9(10)11/h3-7,14-15H,1-2H3. The van der Waals surface area contributed by atoms with Crippen molar-refractivity contribution in [2.24, 2.45) is 0 Å². The van der Waals surface area contributed by atoms with Gasteiger partial charge < -0.3 is 10.3 Å². The van der Waals surface area contributed by atoms with E-state index in [-0.39, 0.29) is 11.8 Å². The maximum Gasteiger partial charge on any atom is 0.181 e. The van der Waals surface area contributed by atoms with Crippen LogP contribution in [0, 0.1) is 3.57 Å². The first-order chi connectivity index (χ1) is 7.63. The molecule has 1 aromatic heterocycles. The first-order valence-corrected chi connectivity index (χ1v) is 6.19. The van der Waals surface area contributed by atoms with Crippen LogP contribution in [0.2, 0.25) is 0 Å². The van der Waals surface area contributed by atoms with Crippen LogP contribution >= 0.6 is 22.6 Å². The third kappa shape index (κ3) is 1.99. The van der Waals surface area contributed by atoms with E-state index in [0.717, 1.165) is 20.0 Å². The summed E-state index contributed by atoms with van der Waals surface area (Å²) in [6, 6.07) is 5.88. The minimum atomic E-state index is -0.154. The molecule has 4 heteroatoms. The highest BCUT2D eigenvalue weighted by atomic mass is 127. The summed E-state index contributed by atoms with van der Waals surface area (Å²) in [7, 11) is 1.79. The number of halogens is 1. The van der Waals surface area contributed by atoms with Crippen molar-refractivity contribution in [3.05, 3.63) is 33.5 Å². The largest absolute Gasteiger partial charge is 0.360 e. The molecule has 0 fully saturated rings. The quantitative estimate of drug-likeness (QED) is 0.672. The Balaban J connectivity index is 2.50. The molecule has 0 radical (unpaired) electrons. The minimum absolute atomic E-state index is 0.120. The smallest absolute Gasteiger partial charge is 0.181 e. The van der Waals surface area contributed by atoms with Crippen LogP contribution in [0.4, 0.5) is 0 Å². The molecule has 0 bridgehead atoms. The molecule has 2 rings (SSSR count). The van der Waals surface area contributed by atoms with Crippen LogP contribution in [0.1, 0.15) is 17.3 Å². The second kappa shape index (κ2) is 4.55. The van der Waals surface area contributed by atoms with E-state index in [1.807, 2.05) is 25.1 Å². The highest BCUT2D eigenvalue weighted by molar-refractivity contribution is 14.1. The maximum atomic E-state index is 12.1. The summed E-state index contributed by atoms with van der Waals surface area (Å²) >= 11 is 2.26. The van der Waals surface area contributed by atoms with E-state index in [1.54, 1.807) is 13.2 Å². The number of Topliss-reactive ketones (excluding diaryl/α,β-unsaturated/α-hetero) is 1. The van der Waals surface area contributed by atoms with Crippen LogP contribution in [-0.4, -0.2) is 23.9 Å². The average molecular weight is 328 g/mol. The molecule has 0 saturated carbocycles. The number of carbonyl (C=O) groups excluding carboxylic acids is 1. The van der Waals surface area contributed by atoms with Gasteiger partial charge in [0.25, 0.3) is 0 Å². The van der Waals surface area contributed by atoms with Crippen molar-refractivity contribution in [1.82, 2.24) is 10.3 Å². The Labute approximate surface area is 108 Å². The third-order valence-corrected chi connectivity index (χ3v) is 3.41. The topological polar surface area (TPSA) is 44.9 Å². The summed E-state index contributed by atoms with van der Waals surface area (Å²) in [5.41, 5.74) is 1.77. The summed E-state index contributed by atoms with van der Waals surface area (Å²) in [5.74, 6) is 0.120. The van der Waals surface area contributed by atoms with Crippen molar-refractivity contribution in [1.29, 1.82) is 0 Å². The summed E-state index contributed by atoms with van der Waals surface area (Å²) in [6.07, 6.45) is 1.79. The fourth-order valence-corrected chi connectivity index (χ4v) is 2.16. The lowest BCUT2D eigenvalue weighted by atomic mass is 10.0. The van der Waals surface area contributed by atoms with Crippen molar-refractivity contribution in [3.8, 4) is 0 Å². The zero-order valence-corrected chi connectivity index (χ0v) is 11.3. The predicted octanol–water partition coefficient (Wildman–Crippen LogP) is 2.56. The van der Waals surface area contributed by atoms with Crippen LogP contribution in [0.3, 0.4) is 0 Å². The molecular formula is C12H13IN2O. The number of rotatable bonds is 3. The summed E-state index contributed by atoms with van der Waals surface area (Å²) in [4.78, 5) is 15.2. The number of hydrogen-bond acceptors (Lipinski definition) is 2. The number of fused-ring (bicyclic) bond motifs is 1. The van der Waals surface area contributed by atoms with Gasteiger partial charge in [-0.1, -0.05) is 6.07 Å². The van der Waals surface area contributed by atoms with E-state index in [4.69, 9.17) is 0 Å². The van der Waals surface area contributed by atoms with Gasteiger partial charge in [-0.3, -0.25) is 4.79 Å². The number of ketones is 1. The van der Waals surface area contributed by atoms with Crippen molar-refractivity contribution < 1.29 is 4.79 Å². The van der Waals surface area contributed by atoms with E-state index in [1.165, 1.54) is 0 Å². The number of nitrogens with one attached hydrogen (secondary N) is 2. The Morgan fingerprint density at radius 1 is 1.50 bits per heavy atom. The fourth-order valence-electron chi connectivity index (χ4n) is 1.67. The molecule has 0 amide bonds. The molecule has 1 unspecified atom stereocenters. The SMILES string of the molecule is CNC(C)C(=O)c1c[nH]c2cc(I)ccc12. The zero-order chi connectivity index (χ0) is 11.7. The number of hydrogen-bond donors (Lipinski definition) is 2. The zero-order valence-electron chi connectivity index (χ0n) is 9.17.